The zero-order valence-corrected chi connectivity index (χ0v) is 22.4. The van der Waals surface area contributed by atoms with E-state index in [4.69, 9.17) is 11.6 Å². The molecule has 0 saturated carbocycles. The standard InChI is InChI=1S/C22H39ClN2O3Si2/c1-8-9-13-22(14-10-15-24(22)21(27)28)20(26)17-11-12-19(18(23)16-17)25(29(2,3)4)30(5,6)7/h11-12,16,20,26H,8-10,13-15H2,1-7H3,(H,27,28). The number of aliphatic hydroxyl groups is 1. The molecule has 0 spiro atoms. The lowest BCUT2D eigenvalue weighted by Crippen LogP contribution is -2.59. The van der Waals surface area contributed by atoms with E-state index in [0.717, 1.165) is 24.9 Å². The van der Waals surface area contributed by atoms with Crippen LogP contribution in [0.4, 0.5) is 10.5 Å². The van der Waals surface area contributed by atoms with E-state index < -0.39 is 34.2 Å². The molecule has 30 heavy (non-hydrogen) atoms. The first kappa shape index (κ1) is 25.2. The van der Waals surface area contributed by atoms with Gasteiger partial charge in [-0.05, 0) is 37.0 Å². The van der Waals surface area contributed by atoms with Crippen LogP contribution >= 0.6 is 11.6 Å². The molecule has 1 saturated heterocycles. The van der Waals surface area contributed by atoms with E-state index >= 15 is 0 Å². The summed E-state index contributed by atoms with van der Waals surface area (Å²) in [5, 5.41) is 21.9. The van der Waals surface area contributed by atoms with Crippen LogP contribution < -0.4 is 4.23 Å². The molecule has 1 amide bonds. The van der Waals surface area contributed by atoms with Crippen LogP contribution in [0.25, 0.3) is 0 Å². The Morgan fingerprint density at radius 1 is 1.23 bits per heavy atom. The Kier molecular flexibility index (Phi) is 7.76. The van der Waals surface area contributed by atoms with Crippen molar-refractivity contribution in [3.8, 4) is 0 Å². The lowest BCUT2D eigenvalue weighted by molar-refractivity contribution is -0.00907. The molecule has 2 atom stereocenters. The van der Waals surface area contributed by atoms with Crippen LogP contribution in [-0.4, -0.2) is 49.8 Å². The number of nitrogens with zero attached hydrogens (tertiary/aromatic N) is 2. The molecule has 2 N–H and O–H groups in total. The van der Waals surface area contributed by atoms with Crippen molar-refractivity contribution in [2.24, 2.45) is 0 Å². The molecule has 170 valence electrons. The van der Waals surface area contributed by atoms with Gasteiger partial charge < -0.3 is 14.4 Å². The third-order valence-electron chi connectivity index (χ3n) is 6.10. The monoisotopic (exact) mass is 470 g/mol. The van der Waals surface area contributed by atoms with Crippen LogP contribution in [0.15, 0.2) is 18.2 Å². The molecule has 0 aromatic heterocycles. The fourth-order valence-electron chi connectivity index (χ4n) is 5.26. The molecule has 2 unspecified atom stereocenters. The molecule has 0 bridgehead atoms. The first-order valence-electron chi connectivity index (χ1n) is 11.0. The molecule has 2 rings (SSSR count). The number of halogens is 1. The van der Waals surface area contributed by atoms with Crippen LogP contribution in [0.3, 0.4) is 0 Å². The summed E-state index contributed by atoms with van der Waals surface area (Å²) in [6.07, 6.45) is 2.12. The SMILES string of the molecule is CCCCC1(C(O)c2ccc(N([Si](C)(C)C)[Si](C)(C)C)c(Cl)c2)CCCN1C(=O)O. The van der Waals surface area contributed by atoms with Gasteiger partial charge in [0, 0.05) is 12.2 Å². The molecule has 1 aromatic carbocycles. The number of hydrogen-bond donors (Lipinski definition) is 2. The zero-order chi connectivity index (χ0) is 22.9. The van der Waals surface area contributed by atoms with E-state index in [1.165, 1.54) is 4.90 Å². The van der Waals surface area contributed by atoms with Crippen molar-refractivity contribution in [2.45, 2.75) is 90.0 Å². The van der Waals surface area contributed by atoms with Crippen molar-refractivity contribution in [3.05, 3.63) is 28.8 Å². The highest BCUT2D eigenvalue weighted by Crippen LogP contribution is 2.45. The number of rotatable bonds is 8. The second-order valence-electron chi connectivity index (χ2n) is 10.5. The van der Waals surface area contributed by atoms with Crippen molar-refractivity contribution in [1.29, 1.82) is 0 Å². The highest BCUT2D eigenvalue weighted by molar-refractivity contribution is 6.99. The summed E-state index contributed by atoms with van der Waals surface area (Å²) in [5.41, 5.74) is 0.971. The number of amides is 1. The minimum atomic E-state index is -1.66. The van der Waals surface area contributed by atoms with E-state index in [2.05, 4.69) is 50.4 Å². The van der Waals surface area contributed by atoms with E-state index in [1.54, 1.807) is 0 Å². The quantitative estimate of drug-likeness (QED) is 0.422. The van der Waals surface area contributed by atoms with E-state index in [9.17, 15) is 15.0 Å². The van der Waals surface area contributed by atoms with Crippen LogP contribution in [0.5, 0.6) is 0 Å². The number of anilines is 1. The van der Waals surface area contributed by atoms with Gasteiger partial charge in [-0.3, -0.25) is 4.90 Å². The maximum absolute atomic E-state index is 11.9. The first-order chi connectivity index (χ1) is 13.8. The van der Waals surface area contributed by atoms with Gasteiger partial charge in [0.2, 0.25) is 0 Å². The van der Waals surface area contributed by atoms with Crippen LogP contribution in [-0.2, 0) is 0 Å². The minimum Gasteiger partial charge on any atom is -0.465 e. The van der Waals surface area contributed by atoms with Gasteiger partial charge in [0.05, 0.1) is 10.6 Å². The van der Waals surface area contributed by atoms with Gasteiger partial charge >= 0.3 is 6.09 Å². The molecule has 0 radical (unpaired) electrons. The summed E-state index contributed by atoms with van der Waals surface area (Å²) in [5.74, 6) is 0. The lowest BCUT2D eigenvalue weighted by atomic mass is 9.81. The Labute approximate surface area is 189 Å². The van der Waals surface area contributed by atoms with Gasteiger partial charge in [0.15, 0.2) is 0 Å². The number of aliphatic hydroxyl groups excluding tert-OH is 1. The summed E-state index contributed by atoms with van der Waals surface area (Å²) in [7, 11) is -3.32. The summed E-state index contributed by atoms with van der Waals surface area (Å²) < 4.78 is 2.56. The topological polar surface area (TPSA) is 64.0 Å². The maximum atomic E-state index is 11.9. The zero-order valence-electron chi connectivity index (χ0n) is 19.6. The molecule has 0 aliphatic carbocycles. The van der Waals surface area contributed by atoms with Gasteiger partial charge in [-0.15, -0.1) is 0 Å². The highest BCUT2D eigenvalue weighted by Gasteiger charge is 2.49. The van der Waals surface area contributed by atoms with Crippen LogP contribution in [0, 0.1) is 0 Å². The maximum Gasteiger partial charge on any atom is 0.407 e. The Balaban J connectivity index is 2.48. The van der Waals surface area contributed by atoms with Gasteiger partial charge in [-0.25, -0.2) is 4.79 Å². The summed E-state index contributed by atoms with van der Waals surface area (Å²) in [6.45, 7) is 16.5. The smallest absolute Gasteiger partial charge is 0.407 e. The van der Waals surface area contributed by atoms with Crippen molar-refractivity contribution in [2.75, 3.05) is 10.8 Å². The number of benzene rings is 1. The third kappa shape index (κ3) is 5.06. The second-order valence-corrected chi connectivity index (χ2v) is 21.0. The van der Waals surface area contributed by atoms with Gasteiger partial charge in [-0.2, -0.15) is 0 Å². The molecular formula is C22H39ClN2O3Si2. The van der Waals surface area contributed by atoms with Crippen LogP contribution in [0.1, 0.15) is 50.7 Å². The number of hydrogen-bond acceptors (Lipinski definition) is 3. The Bertz CT molecular complexity index is 750. The fourth-order valence-corrected chi connectivity index (χ4v) is 15.6. The third-order valence-corrected chi connectivity index (χ3v) is 13.6. The van der Waals surface area contributed by atoms with E-state index in [-0.39, 0.29) is 0 Å². The molecule has 1 aromatic rings. The Morgan fingerprint density at radius 3 is 2.30 bits per heavy atom. The number of likely N-dealkylation sites (tertiary alicyclic amines) is 1. The highest BCUT2D eigenvalue weighted by atomic mass is 35.5. The van der Waals surface area contributed by atoms with Gasteiger partial charge in [-0.1, -0.05) is 76.7 Å². The summed E-state index contributed by atoms with van der Waals surface area (Å²) in [6, 6.07) is 5.84. The largest absolute Gasteiger partial charge is 0.465 e. The summed E-state index contributed by atoms with van der Waals surface area (Å²) >= 11 is 6.80. The first-order valence-corrected chi connectivity index (χ1v) is 18.3. The van der Waals surface area contributed by atoms with E-state index in [0.29, 0.717) is 30.0 Å². The average molecular weight is 471 g/mol. The Morgan fingerprint density at radius 2 is 1.83 bits per heavy atom. The Hall–Kier alpha value is -1.03. The molecule has 5 nitrogen and oxygen atoms in total. The normalized spacial score (nSPS) is 21.0. The number of unbranched alkanes of at least 4 members (excludes halogenated alkanes) is 1. The molecule has 8 heteroatoms. The van der Waals surface area contributed by atoms with Crippen molar-refractivity contribution < 1.29 is 15.0 Å². The lowest BCUT2D eigenvalue weighted by Gasteiger charge is -2.46. The van der Waals surface area contributed by atoms with Gasteiger partial charge in [0.25, 0.3) is 0 Å². The predicted octanol–water partition coefficient (Wildman–Crippen LogP) is 6.55. The van der Waals surface area contributed by atoms with Crippen LogP contribution in [0.2, 0.25) is 44.3 Å². The van der Waals surface area contributed by atoms with Crippen molar-refractivity contribution in [1.82, 2.24) is 4.90 Å². The fraction of sp³-hybridized carbons (Fsp3) is 0.682. The molecule has 1 fully saturated rings. The average Bonchev–Trinajstić information content (AvgIpc) is 3.04. The number of carboxylic acid groups (broad SMARTS) is 1. The summed E-state index contributed by atoms with van der Waals surface area (Å²) in [4.78, 5) is 13.4. The molecule has 1 aliphatic heterocycles. The van der Waals surface area contributed by atoms with Crippen molar-refractivity contribution in [3.63, 3.8) is 0 Å². The predicted molar refractivity (Wildman–Crippen MR) is 132 cm³/mol. The minimum absolute atomic E-state index is 0.473. The van der Waals surface area contributed by atoms with Gasteiger partial charge in [0.1, 0.15) is 22.6 Å². The second kappa shape index (κ2) is 9.22. The molecule has 1 aliphatic rings. The van der Waals surface area contributed by atoms with E-state index in [1.807, 2.05) is 18.2 Å². The molecular weight excluding hydrogens is 432 g/mol. The molecule has 1 heterocycles. The number of carbonyl (C=O) groups is 1. The van der Waals surface area contributed by atoms with Crippen molar-refractivity contribution >= 4 is 39.9 Å².